The number of carbonyl (C=O) groups excluding carboxylic acids is 2. The first-order valence-electron chi connectivity index (χ1n) is 8.49. The van der Waals surface area contributed by atoms with Crippen LogP contribution >= 0.6 is 0 Å². The SMILES string of the molecule is COc1ccc(NC(C)=O)cc1NCC(=O)Nc1ccccc1C(C)C. The number of methoxy groups -OCH3 is 1. The number of rotatable bonds is 7. The topological polar surface area (TPSA) is 79.5 Å². The summed E-state index contributed by atoms with van der Waals surface area (Å²) in [4.78, 5) is 23.5. The van der Waals surface area contributed by atoms with E-state index in [0.717, 1.165) is 11.3 Å². The smallest absolute Gasteiger partial charge is 0.243 e. The van der Waals surface area contributed by atoms with E-state index in [4.69, 9.17) is 4.74 Å². The number of anilines is 3. The van der Waals surface area contributed by atoms with Crippen LogP contribution in [0, 0.1) is 0 Å². The second-order valence-corrected chi connectivity index (χ2v) is 6.24. The van der Waals surface area contributed by atoms with Gasteiger partial charge < -0.3 is 20.7 Å². The lowest BCUT2D eigenvalue weighted by Gasteiger charge is -2.15. The van der Waals surface area contributed by atoms with E-state index in [-0.39, 0.29) is 18.4 Å². The van der Waals surface area contributed by atoms with E-state index < -0.39 is 0 Å². The molecule has 0 fully saturated rings. The van der Waals surface area contributed by atoms with Gasteiger partial charge in [0.2, 0.25) is 11.8 Å². The average molecular weight is 355 g/mol. The number of carbonyl (C=O) groups is 2. The Bertz CT molecular complexity index is 788. The summed E-state index contributed by atoms with van der Waals surface area (Å²) in [5.74, 6) is 0.581. The molecule has 0 heterocycles. The van der Waals surface area contributed by atoms with Gasteiger partial charge in [-0.25, -0.2) is 0 Å². The summed E-state index contributed by atoms with van der Waals surface area (Å²) in [7, 11) is 1.55. The molecule has 0 saturated carbocycles. The van der Waals surface area contributed by atoms with Gasteiger partial charge in [0.1, 0.15) is 5.75 Å². The summed E-state index contributed by atoms with van der Waals surface area (Å²) in [6.07, 6.45) is 0. The first kappa shape index (κ1) is 19.3. The molecule has 0 aromatic heterocycles. The van der Waals surface area contributed by atoms with Crippen LogP contribution in [0.3, 0.4) is 0 Å². The molecule has 6 heteroatoms. The molecule has 0 aliphatic heterocycles. The van der Waals surface area contributed by atoms with Crippen molar-refractivity contribution >= 4 is 28.9 Å². The van der Waals surface area contributed by atoms with Gasteiger partial charge in [-0.2, -0.15) is 0 Å². The molecule has 0 unspecified atom stereocenters. The molecule has 0 aliphatic rings. The Morgan fingerprint density at radius 1 is 1.04 bits per heavy atom. The van der Waals surface area contributed by atoms with Gasteiger partial charge in [-0.15, -0.1) is 0 Å². The van der Waals surface area contributed by atoms with Crippen LogP contribution in [0.1, 0.15) is 32.3 Å². The summed E-state index contributed by atoms with van der Waals surface area (Å²) in [6, 6.07) is 13.0. The normalized spacial score (nSPS) is 10.3. The summed E-state index contributed by atoms with van der Waals surface area (Å²) >= 11 is 0. The van der Waals surface area contributed by atoms with Gasteiger partial charge in [0.15, 0.2) is 0 Å². The lowest BCUT2D eigenvalue weighted by atomic mass is 10.0. The standard InChI is InChI=1S/C20H25N3O3/c1-13(2)16-7-5-6-8-17(16)23-20(25)12-21-18-11-15(22-14(3)24)9-10-19(18)26-4/h5-11,13,21H,12H2,1-4H3,(H,22,24)(H,23,25). The van der Waals surface area contributed by atoms with Gasteiger partial charge in [-0.05, 0) is 35.7 Å². The van der Waals surface area contributed by atoms with Crippen LogP contribution in [0.15, 0.2) is 42.5 Å². The highest BCUT2D eigenvalue weighted by Gasteiger charge is 2.11. The van der Waals surface area contributed by atoms with Gasteiger partial charge in [0.05, 0.1) is 19.3 Å². The molecule has 6 nitrogen and oxygen atoms in total. The van der Waals surface area contributed by atoms with Crippen molar-refractivity contribution in [3.05, 3.63) is 48.0 Å². The van der Waals surface area contributed by atoms with Crippen LogP contribution in [0.4, 0.5) is 17.1 Å². The highest BCUT2D eigenvalue weighted by Crippen LogP contribution is 2.28. The minimum absolute atomic E-state index is 0.0757. The zero-order valence-electron chi connectivity index (χ0n) is 15.6. The predicted octanol–water partition coefficient (Wildman–Crippen LogP) is 3.83. The minimum Gasteiger partial charge on any atom is -0.495 e. The van der Waals surface area contributed by atoms with E-state index in [2.05, 4.69) is 29.8 Å². The Hall–Kier alpha value is -3.02. The zero-order chi connectivity index (χ0) is 19.1. The summed E-state index contributed by atoms with van der Waals surface area (Å²) in [5.41, 5.74) is 3.16. The highest BCUT2D eigenvalue weighted by atomic mass is 16.5. The largest absolute Gasteiger partial charge is 0.495 e. The number of para-hydroxylation sites is 1. The Balaban J connectivity index is 2.06. The molecule has 2 rings (SSSR count). The van der Waals surface area contributed by atoms with Crippen LogP contribution in [-0.2, 0) is 9.59 Å². The quantitative estimate of drug-likeness (QED) is 0.705. The van der Waals surface area contributed by atoms with E-state index in [1.54, 1.807) is 25.3 Å². The molecular weight excluding hydrogens is 330 g/mol. The number of nitrogens with one attached hydrogen (secondary N) is 3. The van der Waals surface area contributed by atoms with E-state index in [0.29, 0.717) is 23.0 Å². The third-order valence-corrected chi connectivity index (χ3v) is 3.82. The Morgan fingerprint density at radius 3 is 2.42 bits per heavy atom. The zero-order valence-corrected chi connectivity index (χ0v) is 15.6. The lowest BCUT2D eigenvalue weighted by molar-refractivity contribution is -0.115. The molecule has 0 atom stereocenters. The third-order valence-electron chi connectivity index (χ3n) is 3.82. The summed E-state index contributed by atoms with van der Waals surface area (Å²) < 4.78 is 5.30. The molecule has 138 valence electrons. The molecule has 0 radical (unpaired) electrons. The fourth-order valence-electron chi connectivity index (χ4n) is 2.61. The third kappa shape index (κ3) is 5.24. The molecule has 0 saturated heterocycles. The van der Waals surface area contributed by atoms with Crippen molar-refractivity contribution in [2.45, 2.75) is 26.7 Å². The maximum atomic E-state index is 12.3. The Morgan fingerprint density at radius 2 is 1.77 bits per heavy atom. The van der Waals surface area contributed by atoms with E-state index in [1.165, 1.54) is 6.92 Å². The number of ether oxygens (including phenoxy) is 1. The van der Waals surface area contributed by atoms with Gasteiger partial charge in [0, 0.05) is 18.3 Å². The van der Waals surface area contributed by atoms with Crippen molar-refractivity contribution in [3.63, 3.8) is 0 Å². The van der Waals surface area contributed by atoms with Gasteiger partial charge in [0.25, 0.3) is 0 Å². The van der Waals surface area contributed by atoms with Gasteiger partial charge in [-0.1, -0.05) is 32.0 Å². The molecule has 2 aromatic rings. The van der Waals surface area contributed by atoms with Crippen LogP contribution in [-0.4, -0.2) is 25.5 Å². The van der Waals surface area contributed by atoms with Crippen molar-refractivity contribution in [1.82, 2.24) is 0 Å². The van der Waals surface area contributed by atoms with Gasteiger partial charge in [-0.3, -0.25) is 9.59 Å². The molecule has 2 aromatic carbocycles. The molecule has 0 spiro atoms. The fourth-order valence-corrected chi connectivity index (χ4v) is 2.61. The van der Waals surface area contributed by atoms with Crippen LogP contribution < -0.4 is 20.7 Å². The van der Waals surface area contributed by atoms with Crippen LogP contribution in [0.5, 0.6) is 5.75 Å². The summed E-state index contributed by atoms with van der Waals surface area (Å²) in [6.45, 7) is 5.69. The van der Waals surface area contributed by atoms with Crippen LogP contribution in [0.2, 0.25) is 0 Å². The van der Waals surface area contributed by atoms with Crippen LogP contribution in [0.25, 0.3) is 0 Å². The number of amides is 2. The molecule has 0 bridgehead atoms. The molecule has 0 aliphatic carbocycles. The molecule has 3 N–H and O–H groups in total. The number of benzene rings is 2. The molecule has 2 amide bonds. The van der Waals surface area contributed by atoms with Crippen molar-refractivity contribution in [2.24, 2.45) is 0 Å². The van der Waals surface area contributed by atoms with E-state index in [9.17, 15) is 9.59 Å². The Labute approximate surface area is 153 Å². The van der Waals surface area contributed by atoms with Crippen molar-refractivity contribution < 1.29 is 14.3 Å². The summed E-state index contributed by atoms with van der Waals surface area (Å²) in [5, 5.41) is 8.70. The Kier molecular flexibility index (Phi) is 6.60. The monoisotopic (exact) mass is 355 g/mol. The fraction of sp³-hybridized carbons (Fsp3) is 0.300. The van der Waals surface area contributed by atoms with E-state index in [1.807, 2.05) is 24.3 Å². The minimum atomic E-state index is -0.163. The highest BCUT2D eigenvalue weighted by molar-refractivity contribution is 5.95. The number of hydrogen-bond acceptors (Lipinski definition) is 4. The maximum absolute atomic E-state index is 12.3. The maximum Gasteiger partial charge on any atom is 0.243 e. The van der Waals surface area contributed by atoms with Crippen molar-refractivity contribution in [2.75, 3.05) is 29.6 Å². The average Bonchev–Trinajstić information content (AvgIpc) is 2.60. The predicted molar refractivity (Wildman–Crippen MR) is 105 cm³/mol. The van der Waals surface area contributed by atoms with E-state index >= 15 is 0 Å². The second kappa shape index (κ2) is 8.89. The second-order valence-electron chi connectivity index (χ2n) is 6.24. The lowest BCUT2D eigenvalue weighted by Crippen LogP contribution is -2.22. The first-order valence-corrected chi connectivity index (χ1v) is 8.49. The molecular formula is C20H25N3O3. The first-order chi connectivity index (χ1) is 12.4. The van der Waals surface area contributed by atoms with Crippen molar-refractivity contribution in [3.8, 4) is 5.75 Å². The number of hydrogen-bond donors (Lipinski definition) is 3. The molecule has 26 heavy (non-hydrogen) atoms. The van der Waals surface area contributed by atoms with Crippen molar-refractivity contribution in [1.29, 1.82) is 0 Å². The van der Waals surface area contributed by atoms with Gasteiger partial charge >= 0.3 is 0 Å².